The van der Waals surface area contributed by atoms with Crippen molar-refractivity contribution in [2.45, 2.75) is 37.5 Å². The molecule has 4 atom stereocenters. The zero-order valence-corrected chi connectivity index (χ0v) is 9.26. The number of halogens is 1. The van der Waals surface area contributed by atoms with Crippen LogP contribution in [0, 0.1) is 17.8 Å². The van der Waals surface area contributed by atoms with Crippen LogP contribution in [0.15, 0.2) is 0 Å². The highest BCUT2D eigenvalue weighted by Crippen LogP contribution is 2.37. The Hall–Kier alpha value is 0.730. The Kier molecular flexibility index (Phi) is 3.02. The second-order valence-corrected chi connectivity index (χ2v) is 5.27. The Bertz CT molecular complexity index is 97.3. The van der Waals surface area contributed by atoms with Crippen LogP contribution in [-0.4, -0.2) is 3.92 Å². The van der Waals surface area contributed by atoms with Gasteiger partial charge in [0.2, 0.25) is 0 Å². The van der Waals surface area contributed by atoms with Gasteiger partial charge in [0.05, 0.1) is 0 Å². The fraction of sp³-hybridized carbons (Fsp3) is 1.00. The molecule has 60 valence electrons. The summed E-state index contributed by atoms with van der Waals surface area (Å²) in [5, 5.41) is 0. The Morgan fingerprint density at radius 1 is 1.00 bits per heavy atom. The van der Waals surface area contributed by atoms with E-state index in [0.29, 0.717) is 0 Å². The van der Waals surface area contributed by atoms with E-state index in [1.807, 2.05) is 0 Å². The molecule has 0 aromatic carbocycles. The number of hydrogen-bond acceptors (Lipinski definition) is 0. The maximum Gasteiger partial charge on any atom is 0.0163 e. The van der Waals surface area contributed by atoms with Gasteiger partial charge in [0.1, 0.15) is 0 Å². The Labute approximate surface area is 77.9 Å². The first kappa shape index (κ1) is 8.82. The average Bonchev–Trinajstić information content (AvgIpc) is 1.93. The molecule has 0 spiro atoms. The van der Waals surface area contributed by atoms with Crippen molar-refractivity contribution in [1.29, 1.82) is 0 Å². The third-order valence-electron chi connectivity index (χ3n) is 3.02. The highest BCUT2D eigenvalue weighted by molar-refractivity contribution is 14.1. The van der Waals surface area contributed by atoms with Gasteiger partial charge in [-0.3, -0.25) is 0 Å². The smallest absolute Gasteiger partial charge is 0.0163 e. The fourth-order valence-corrected chi connectivity index (χ4v) is 2.85. The third kappa shape index (κ3) is 1.66. The summed E-state index contributed by atoms with van der Waals surface area (Å²) >= 11 is 2.62. The van der Waals surface area contributed by atoms with Crippen molar-refractivity contribution in [2.75, 3.05) is 0 Å². The second-order valence-electron chi connectivity index (χ2n) is 3.84. The van der Waals surface area contributed by atoms with E-state index in [4.69, 9.17) is 0 Å². The van der Waals surface area contributed by atoms with Crippen molar-refractivity contribution in [1.82, 2.24) is 0 Å². The Balaban J connectivity index is 2.52. The molecule has 0 aliphatic heterocycles. The first-order chi connectivity index (χ1) is 4.63. The van der Waals surface area contributed by atoms with Gasteiger partial charge in [0.15, 0.2) is 0 Å². The summed E-state index contributed by atoms with van der Waals surface area (Å²) < 4.78 is 0.918. The van der Waals surface area contributed by atoms with Crippen LogP contribution in [0.4, 0.5) is 0 Å². The minimum absolute atomic E-state index is 0.918. The minimum Gasteiger partial charge on any atom is -0.0820 e. The van der Waals surface area contributed by atoms with Gasteiger partial charge in [0, 0.05) is 3.92 Å². The van der Waals surface area contributed by atoms with Gasteiger partial charge < -0.3 is 0 Å². The van der Waals surface area contributed by atoms with Gasteiger partial charge in [-0.2, -0.15) is 0 Å². The summed E-state index contributed by atoms with van der Waals surface area (Å²) in [7, 11) is 0. The topological polar surface area (TPSA) is 0 Å². The molecule has 4 unspecified atom stereocenters. The lowest BCUT2D eigenvalue weighted by atomic mass is 9.77. The molecule has 10 heavy (non-hydrogen) atoms. The van der Waals surface area contributed by atoms with E-state index >= 15 is 0 Å². The van der Waals surface area contributed by atoms with Gasteiger partial charge >= 0.3 is 0 Å². The van der Waals surface area contributed by atoms with E-state index in [-0.39, 0.29) is 0 Å². The zero-order chi connectivity index (χ0) is 7.72. The molecular weight excluding hydrogens is 235 g/mol. The van der Waals surface area contributed by atoms with Gasteiger partial charge in [-0.15, -0.1) is 0 Å². The van der Waals surface area contributed by atoms with E-state index in [9.17, 15) is 0 Å². The van der Waals surface area contributed by atoms with Crippen LogP contribution in [0.5, 0.6) is 0 Å². The summed E-state index contributed by atoms with van der Waals surface area (Å²) in [6.45, 7) is 7.18. The molecule has 0 saturated heterocycles. The van der Waals surface area contributed by atoms with Crippen LogP contribution in [0.25, 0.3) is 0 Å². The van der Waals surface area contributed by atoms with E-state index < -0.39 is 0 Å². The molecular formula is C9H17I. The van der Waals surface area contributed by atoms with Crippen LogP contribution < -0.4 is 0 Å². The summed E-state index contributed by atoms with van der Waals surface area (Å²) in [4.78, 5) is 0. The van der Waals surface area contributed by atoms with Crippen molar-refractivity contribution in [3.63, 3.8) is 0 Å². The molecule has 0 aromatic heterocycles. The predicted molar refractivity (Wildman–Crippen MR) is 54.5 cm³/mol. The van der Waals surface area contributed by atoms with Crippen LogP contribution >= 0.6 is 22.6 Å². The Morgan fingerprint density at radius 2 is 1.50 bits per heavy atom. The molecule has 1 heteroatoms. The largest absolute Gasteiger partial charge is 0.0820 e. The minimum atomic E-state index is 0.918. The first-order valence-electron chi connectivity index (χ1n) is 4.27. The molecule has 1 saturated carbocycles. The van der Waals surface area contributed by atoms with E-state index in [1.165, 1.54) is 12.8 Å². The van der Waals surface area contributed by atoms with Crippen LogP contribution in [0.3, 0.4) is 0 Å². The SMILES string of the molecule is CC1CCC(C)C(I)C1C. The van der Waals surface area contributed by atoms with Crippen LogP contribution in [-0.2, 0) is 0 Å². The molecule has 0 aromatic rings. The standard InChI is InChI=1S/C9H17I/c1-6-4-5-7(2)9(10)8(6)3/h6-9H,4-5H2,1-3H3. The van der Waals surface area contributed by atoms with E-state index in [1.54, 1.807) is 0 Å². The van der Waals surface area contributed by atoms with Crippen molar-refractivity contribution in [3.8, 4) is 0 Å². The lowest BCUT2D eigenvalue weighted by Gasteiger charge is -2.35. The monoisotopic (exact) mass is 252 g/mol. The van der Waals surface area contributed by atoms with Crippen molar-refractivity contribution >= 4 is 22.6 Å². The summed E-state index contributed by atoms with van der Waals surface area (Å²) in [6.07, 6.45) is 2.89. The van der Waals surface area contributed by atoms with Gasteiger partial charge in [0.25, 0.3) is 0 Å². The van der Waals surface area contributed by atoms with Gasteiger partial charge in [-0.1, -0.05) is 49.8 Å². The van der Waals surface area contributed by atoms with Crippen LogP contribution in [0.2, 0.25) is 0 Å². The van der Waals surface area contributed by atoms with Gasteiger partial charge in [-0.25, -0.2) is 0 Å². The molecule has 0 heterocycles. The second kappa shape index (κ2) is 3.42. The van der Waals surface area contributed by atoms with Gasteiger partial charge in [-0.05, 0) is 24.2 Å². The molecule has 1 rings (SSSR count). The average molecular weight is 252 g/mol. The van der Waals surface area contributed by atoms with Crippen molar-refractivity contribution in [3.05, 3.63) is 0 Å². The number of hydrogen-bond donors (Lipinski definition) is 0. The zero-order valence-electron chi connectivity index (χ0n) is 7.10. The van der Waals surface area contributed by atoms with Crippen molar-refractivity contribution in [2.24, 2.45) is 17.8 Å². The highest BCUT2D eigenvalue weighted by Gasteiger charge is 2.29. The van der Waals surface area contributed by atoms with E-state index in [0.717, 1.165) is 21.7 Å². The summed E-state index contributed by atoms with van der Waals surface area (Å²) in [5.74, 6) is 2.84. The summed E-state index contributed by atoms with van der Waals surface area (Å²) in [6, 6.07) is 0. The molecule has 0 radical (unpaired) electrons. The quantitative estimate of drug-likeness (QED) is 0.457. The lowest BCUT2D eigenvalue weighted by Crippen LogP contribution is -2.30. The molecule has 0 amide bonds. The molecule has 0 N–H and O–H groups in total. The van der Waals surface area contributed by atoms with Crippen LogP contribution in [0.1, 0.15) is 33.6 Å². The number of alkyl halides is 1. The van der Waals surface area contributed by atoms with Crippen molar-refractivity contribution < 1.29 is 0 Å². The normalized spacial score (nSPS) is 49.2. The Morgan fingerprint density at radius 3 is 2.00 bits per heavy atom. The predicted octanol–water partition coefficient (Wildman–Crippen LogP) is 3.49. The fourth-order valence-electron chi connectivity index (χ4n) is 1.78. The molecule has 1 aliphatic carbocycles. The van der Waals surface area contributed by atoms with E-state index in [2.05, 4.69) is 43.4 Å². The molecule has 0 bridgehead atoms. The molecule has 1 aliphatic rings. The lowest BCUT2D eigenvalue weighted by molar-refractivity contribution is 0.240. The molecule has 0 nitrogen and oxygen atoms in total. The highest BCUT2D eigenvalue weighted by atomic mass is 127. The maximum atomic E-state index is 2.62. The summed E-state index contributed by atoms with van der Waals surface area (Å²) in [5.41, 5.74) is 0. The maximum absolute atomic E-state index is 2.62. The first-order valence-corrected chi connectivity index (χ1v) is 5.51. The molecule has 1 fully saturated rings. The number of rotatable bonds is 0. The third-order valence-corrected chi connectivity index (χ3v) is 5.38.